The van der Waals surface area contributed by atoms with Crippen molar-refractivity contribution in [3.63, 3.8) is 0 Å². The quantitative estimate of drug-likeness (QED) is 0.664. The molecule has 0 radical (unpaired) electrons. The first-order valence-electron chi connectivity index (χ1n) is 5.75. The third-order valence-electron chi connectivity index (χ3n) is 2.66. The van der Waals surface area contributed by atoms with E-state index in [0.29, 0.717) is 11.1 Å². The van der Waals surface area contributed by atoms with Crippen LogP contribution in [0, 0.1) is 0 Å². The van der Waals surface area contributed by atoms with Gasteiger partial charge in [0, 0.05) is 0 Å². The summed E-state index contributed by atoms with van der Waals surface area (Å²) in [6.07, 6.45) is 0. The smallest absolute Gasteiger partial charge is 0.191 e. The van der Waals surface area contributed by atoms with Crippen molar-refractivity contribution >= 4 is 58.2 Å². The number of hydrogen-bond donors (Lipinski definition) is 2. The van der Waals surface area contributed by atoms with Crippen molar-refractivity contribution in [2.45, 2.75) is 7.33 Å². The van der Waals surface area contributed by atoms with Gasteiger partial charge in [0.15, 0.2) is 7.33 Å². The Morgan fingerprint density at radius 3 is 1.19 bits per heavy atom. The molecular formula is C14H10Cl4O2S. The van der Waals surface area contributed by atoms with Gasteiger partial charge >= 0.3 is 0 Å². The molecule has 0 fully saturated rings. The maximum Gasteiger partial charge on any atom is 0.191 e. The number of hydrogen-bond acceptors (Lipinski definition) is 3. The van der Waals surface area contributed by atoms with E-state index in [4.69, 9.17) is 46.4 Å². The molecule has 2 N–H and O–H groups in total. The molecule has 0 heterocycles. The van der Waals surface area contributed by atoms with Gasteiger partial charge in [0.1, 0.15) is 11.5 Å². The highest BCUT2D eigenvalue weighted by atomic mass is 35.5. The zero-order chi connectivity index (χ0) is 15.7. The van der Waals surface area contributed by atoms with Crippen LogP contribution in [0.5, 0.6) is 11.5 Å². The first-order chi connectivity index (χ1) is 9.71. The number of thioether (sulfide) groups is 1. The Morgan fingerprint density at radius 2 is 0.905 bits per heavy atom. The molecule has 0 spiro atoms. The van der Waals surface area contributed by atoms with Crippen LogP contribution in [0.3, 0.4) is 0 Å². The van der Waals surface area contributed by atoms with E-state index in [1.165, 1.54) is 24.3 Å². The molecule has 0 amide bonds. The maximum atomic E-state index is 9.29. The van der Waals surface area contributed by atoms with Crippen molar-refractivity contribution in [3.05, 3.63) is 59.7 Å². The molecule has 2 aromatic carbocycles. The largest absolute Gasteiger partial charge is 0.508 e. The van der Waals surface area contributed by atoms with Crippen molar-refractivity contribution in [1.29, 1.82) is 0 Å². The highest BCUT2D eigenvalue weighted by Gasteiger charge is 2.40. The summed E-state index contributed by atoms with van der Waals surface area (Å²) < 4.78 is -2.82. The number of aromatic hydroxyl groups is 2. The summed E-state index contributed by atoms with van der Waals surface area (Å²) in [4.78, 5) is 0. The third kappa shape index (κ3) is 4.27. The first-order valence-corrected chi connectivity index (χ1v) is 8.08. The van der Waals surface area contributed by atoms with Gasteiger partial charge in [-0.15, -0.1) is 0 Å². The second-order valence-electron chi connectivity index (χ2n) is 4.23. The molecule has 2 aromatic rings. The van der Waals surface area contributed by atoms with E-state index >= 15 is 0 Å². The van der Waals surface area contributed by atoms with E-state index in [-0.39, 0.29) is 11.5 Å². The highest BCUT2D eigenvalue weighted by Crippen LogP contribution is 2.58. The van der Waals surface area contributed by atoms with Crippen molar-refractivity contribution < 1.29 is 10.2 Å². The van der Waals surface area contributed by atoms with E-state index in [9.17, 15) is 10.2 Å². The van der Waals surface area contributed by atoms with Crippen LogP contribution >= 0.6 is 58.2 Å². The Kier molecular flexibility index (Phi) is 5.11. The van der Waals surface area contributed by atoms with Crippen molar-refractivity contribution in [2.75, 3.05) is 0 Å². The molecule has 7 heteroatoms. The fourth-order valence-electron chi connectivity index (χ4n) is 1.59. The summed E-state index contributed by atoms with van der Waals surface area (Å²) in [5.74, 6) is 0.212. The predicted octanol–water partition coefficient (Wildman–Crippen LogP) is 5.71. The van der Waals surface area contributed by atoms with Crippen LogP contribution in [0.2, 0.25) is 0 Å². The average Bonchev–Trinajstić information content (AvgIpc) is 2.38. The van der Waals surface area contributed by atoms with Gasteiger partial charge in [-0.05, 0) is 35.4 Å². The summed E-state index contributed by atoms with van der Waals surface area (Å²) in [7, 11) is 0. The lowest BCUT2D eigenvalue weighted by molar-refractivity contribution is 0.474. The van der Waals surface area contributed by atoms with E-state index in [0.717, 1.165) is 11.8 Å². The van der Waals surface area contributed by atoms with E-state index < -0.39 is 7.33 Å². The number of halogens is 4. The number of phenols is 2. The van der Waals surface area contributed by atoms with Gasteiger partial charge in [-0.25, -0.2) is 0 Å². The van der Waals surface area contributed by atoms with Gasteiger partial charge in [-0.3, -0.25) is 0 Å². The monoisotopic (exact) mass is 382 g/mol. The Balaban J connectivity index is 2.25. The molecule has 0 bridgehead atoms. The van der Waals surface area contributed by atoms with Crippen LogP contribution in [0.15, 0.2) is 48.5 Å². The van der Waals surface area contributed by atoms with E-state index in [2.05, 4.69) is 0 Å². The molecule has 2 nitrogen and oxygen atoms in total. The van der Waals surface area contributed by atoms with E-state index in [1.807, 2.05) is 0 Å². The second kappa shape index (κ2) is 6.35. The first kappa shape index (κ1) is 16.9. The number of rotatable bonds is 4. The van der Waals surface area contributed by atoms with Crippen LogP contribution in [-0.4, -0.2) is 10.2 Å². The summed E-state index contributed by atoms with van der Waals surface area (Å²) >= 11 is 26.2. The highest BCUT2D eigenvalue weighted by molar-refractivity contribution is 8.05. The lowest BCUT2D eigenvalue weighted by Crippen LogP contribution is -2.15. The predicted molar refractivity (Wildman–Crippen MR) is 90.6 cm³/mol. The number of benzene rings is 2. The van der Waals surface area contributed by atoms with Gasteiger partial charge in [-0.1, -0.05) is 82.4 Å². The molecule has 0 atom stereocenters. The Hall–Kier alpha value is -0.450. The Bertz CT molecular complexity index is 556. The van der Waals surface area contributed by atoms with Crippen LogP contribution < -0.4 is 0 Å². The van der Waals surface area contributed by atoms with E-state index in [1.54, 1.807) is 24.3 Å². The topological polar surface area (TPSA) is 40.5 Å². The molecule has 0 aliphatic heterocycles. The van der Waals surface area contributed by atoms with Crippen LogP contribution in [0.4, 0.5) is 0 Å². The lowest BCUT2D eigenvalue weighted by Gasteiger charge is -2.28. The Morgan fingerprint density at radius 1 is 0.619 bits per heavy atom. The number of alkyl halides is 4. The fraction of sp³-hybridized carbons (Fsp3) is 0.143. The third-order valence-corrected chi connectivity index (χ3v) is 5.45. The molecule has 0 aliphatic rings. The summed E-state index contributed by atoms with van der Waals surface area (Å²) in [6, 6.07) is 12.2. The molecule has 0 aromatic heterocycles. The molecule has 0 aliphatic carbocycles. The van der Waals surface area contributed by atoms with Gasteiger partial charge in [0.05, 0.1) is 0 Å². The number of phenolic OH excluding ortho intramolecular Hbond substituents is 2. The molecular weight excluding hydrogens is 374 g/mol. The zero-order valence-corrected chi connectivity index (χ0v) is 14.3. The molecule has 0 saturated heterocycles. The van der Waals surface area contributed by atoms with Gasteiger partial charge in [-0.2, -0.15) is 0 Å². The van der Waals surface area contributed by atoms with Crippen molar-refractivity contribution in [1.82, 2.24) is 0 Å². The van der Waals surface area contributed by atoms with Crippen LogP contribution in [-0.2, 0) is 7.33 Å². The summed E-state index contributed by atoms with van der Waals surface area (Å²) in [5.41, 5.74) is 1.08. The van der Waals surface area contributed by atoms with Crippen LogP contribution in [0.1, 0.15) is 11.1 Å². The SMILES string of the molecule is Oc1ccc(C(Cl)(Cl)SC(Cl)(Cl)c2ccc(O)cc2)cc1. The van der Waals surface area contributed by atoms with Gasteiger partial charge in [0.2, 0.25) is 0 Å². The van der Waals surface area contributed by atoms with Crippen molar-refractivity contribution in [3.8, 4) is 11.5 Å². The normalized spacial score (nSPS) is 12.4. The zero-order valence-electron chi connectivity index (χ0n) is 10.4. The van der Waals surface area contributed by atoms with Crippen LogP contribution in [0.25, 0.3) is 0 Å². The minimum Gasteiger partial charge on any atom is -0.508 e. The van der Waals surface area contributed by atoms with Crippen molar-refractivity contribution in [2.24, 2.45) is 0 Å². The summed E-state index contributed by atoms with van der Waals surface area (Å²) in [5, 5.41) is 18.6. The molecule has 2 rings (SSSR count). The molecule has 0 unspecified atom stereocenters. The molecule has 112 valence electrons. The lowest BCUT2D eigenvalue weighted by atomic mass is 10.2. The molecule has 0 saturated carbocycles. The fourth-order valence-corrected chi connectivity index (χ4v) is 4.79. The minimum absolute atomic E-state index is 0.106. The standard InChI is InChI=1S/C14H10Cl4O2S/c15-13(16,9-1-5-11(19)6-2-9)21-14(17,18)10-3-7-12(20)8-4-10/h1-8,19-20H. The second-order valence-corrected chi connectivity index (χ2v) is 9.21. The Labute approximate surface area is 146 Å². The average molecular weight is 384 g/mol. The summed E-state index contributed by atoms with van der Waals surface area (Å²) in [6.45, 7) is 0. The molecule has 21 heavy (non-hydrogen) atoms. The van der Waals surface area contributed by atoms with Gasteiger partial charge < -0.3 is 10.2 Å². The minimum atomic E-state index is -1.41. The van der Waals surface area contributed by atoms with Gasteiger partial charge in [0.25, 0.3) is 0 Å². The maximum absolute atomic E-state index is 9.29.